The maximum Gasteiger partial charge on any atom is 0.224 e. The Balaban J connectivity index is 1.95. The molecule has 1 unspecified atom stereocenters. The molecule has 0 saturated carbocycles. The Kier molecular flexibility index (Phi) is 3.18. The standard InChI is InChI=1S/C17H17ClN4O/c1-3-17(23)7-6-11-4-5-13(20-14(11)17)22-10(2)8-12-9-19-16(18)21-15(12)22/h4-5,8-9,23H,3,6-7H2,1-2H3. The summed E-state index contributed by atoms with van der Waals surface area (Å²) in [7, 11) is 0. The summed E-state index contributed by atoms with van der Waals surface area (Å²) in [4.78, 5) is 13.1. The molecule has 6 heteroatoms. The number of hydrogen-bond acceptors (Lipinski definition) is 4. The van der Waals surface area contributed by atoms with E-state index in [0.717, 1.165) is 46.6 Å². The molecule has 3 aromatic heterocycles. The van der Waals surface area contributed by atoms with Crippen LogP contribution >= 0.6 is 11.6 Å². The molecule has 1 N–H and O–H groups in total. The highest BCUT2D eigenvalue weighted by atomic mass is 35.5. The normalized spacial score (nSPS) is 20.2. The number of rotatable bonds is 2. The van der Waals surface area contributed by atoms with Crippen molar-refractivity contribution in [2.45, 2.75) is 38.7 Å². The van der Waals surface area contributed by atoms with Crippen LogP contribution in [0.15, 0.2) is 24.4 Å². The van der Waals surface area contributed by atoms with E-state index in [1.807, 2.05) is 30.5 Å². The third-order valence-electron chi connectivity index (χ3n) is 4.72. The molecule has 0 aliphatic heterocycles. The molecule has 0 saturated heterocycles. The quantitative estimate of drug-likeness (QED) is 0.733. The summed E-state index contributed by atoms with van der Waals surface area (Å²) in [6, 6.07) is 6.04. The molecule has 3 aromatic rings. The smallest absolute Gasteiger partial charge is 0.224 e. The Hall–Kier alpha value is -1.98. The van der Waals surface area contributed by atoms with Crippen LogP contribution < -0.4 is 0 Å². The van der Waals surface area contributed by atoms with Crippen molar-refractivity contribution in [2.75, 3.05) is 0 Å². The number of halogens is 1. The lowest BCUT2D eigenvalue weighted by Crippen LogP contribution is -2.22. The van der Waals surface area contributed by atoms with E-state index >= 15 is 0 Å². The SMILES string of the molecule is CCC1(O)CCc2ccc(-n3c(C)cc4cnc(Cl)nc43)nc21. The third-order valence-corrected chi connectivity index (χ3v) is 4.90. The van der Waals surface area contributed by atoms with Gasteiger partial charge in [0.05, 0.1) is 5.69 Å². The first-order chi connectivity index (χ1) is 11.0. The van der Waals surface area contributed by atoms with Crippen LogP contribution in [0, 0.1) is 6.92 Å². The van der Waals surface area contributed by atoms with Crippen molar-refractivity contribution in [3.63, 3.8) is 0 Å². The van der Waals surface area contributed by atoms with Gasteiger partial charge in [-0.05, 0) is 55.5 Å². The van der Waals surface area contributed by atoms with Crippen LogP contribution in [0.3, 0.4) is 0 Å². The van der Waals surface area contributed by atoms with Gasteiger partial charge < -0.3 is 5.11 Å². The van der Waals surface area contributed by atoms with Gasteiger partial charge in [0.2, 0.25) is 5.28 Å². The van der Waals surface area contributed by atoms with E-state index in [0.29, 0.717) is 6.42 Å². The van der Waals surface area contributed by atoms with Gasteiger partial charge in [-0.25, -0.2) is 9.97 Å². The molecule has 3 heterocycles. The summed E-state index contributed by atoms with van der Waals surface area (Å²) in [5.74, 6) is 0.750. The minimum absolute atomic E-state index is 0.211. The van der Waals surface area contributed by atoms with Gasteiger partial charge in [-0.15, -0.1) is 0 Å². The molecule has 0 bridgehead atoms. The van der Waals surface area contributed by atoms with Gasteiger partial charge in [-0.3, -0.25) is 4.57 Å². The molecule has 0 fully saturated rings. The Morgan fingerprint density at radius 2 is 2.17 bits per heavy atom. The zero-order valence-electron chi connectivity index (χ0n) is 13.0. The maximum atomic E-state index is 10.8. The number of nitrogens with zero attached hydrogens (tertiary/aromatic N) is 4. The number of pyridine rings is 1. The number of aromatic nitrogens is 4. The summed E-state index contributed by atoms with van der Waals surface area (Å²) in [5, 5.41) is 11.9. The second-order valence-electron chi connectivity index (χ2n) is 6.10. The van der Waals surface area contributed by atoms with Crippen molar-refractivity contribution in [1.82, 2.24) is 19.5 Å². The van der Waals surface area contributed by atoms with Crippen LogP contribution in [0.2, 0.25) is 5.28 Å². The van der Waals surface area contributed by atoms with E-state index in [4.69, 9.17) is 16.6 Å². The second-order valence-corrected chi connectivity index (χ2v) is 6.44. The Labute approximate surface area is 139 Å². The number of aliphatic hydroxyl groups is 1. The van der Waals surface area contributed by atoms with Crippen LogP contribution in [0.1, 0.15) is 36.7 Å². The molecule has 1 aliphatic rings. The highest BCUT2D eigenvalue weighted by Gasteiger charge is 2.36. The van der Waals surface area contributed by atoms with Crippen LogP contribution in [0.4, 0.5) is 0 Å². The fourth-order valence-electron chi connectivity index (χ4n) is 3.40. The summed E-state index contributed by atoms with van der Waals surface area (Å²) < 4.78 is 1.96. The first-order valence-corrected chi connectivity index (χ1v) is 8.13. The minimum Gasteiger partial charge on any atom is -0.384 e. The fourth-order valence-corrected chi connectivity index (χ4v) is 3.53. The zero-order chi connectivity index (χ0) is 16.2. The summed E-state index contributed by atoms with van der Waals surface area (Å²) in [6.45, 7) is 3.99. The fraction of sp³-hybridized carbons (Fsp3) is 0.353. The van der Waals surface area contributed by atoms with Crippen LogP contribution in [-0.4, -0.2) is 24.6 Å². The van der Waals surface area contributed by atoms with Gasteiger partial charge >= 0.3 is 0 Å². The van der Waals surface area contributed by atoms with Crippen LogP contribution in [0.25, 0.3) is 16.9 Å². The molecule has 0 radical (unpaired) electrons. The first-order valence-electron chi connectivity index (χ1n) is 7.75. The largest absolute Gasteiger partial charge is 0.384 e. The summed E-state index contributed by atoms with van der Waals surface area (Å²) in [6.07, 6.45) is 3.97. The Bertz CT molecular complexity index is 920. The zero-order valence-corrected chi connectivity index (χ0v) is 13.8. The van der Waals surface area contributed by atoms with E-state index in [1.165, 1.54) is 0 Å². The van der Waals surface area contributed by atoms with Crippen molar-refractivity contribution in [1.29, 1.82) is 0 Å². The second kappa shape index (κ2) is 5.01. The molecule has 0 amide bonds. The molecule has 1 aliphatic carbocycles. The Morgan fingerprint density at radius 1 is 1.35 bits per heavy atom. The highest BCUT2D eigenvalue weighted by Crippen LogP contribution is 2.38. The van der Waals surface area contributed by atoms with Crippen LogP contribution in [-0.2, 0) is 12.0 Å². The van der Waals surface area contributed by atoms with Crippen LogP contribution in [0.5, 0.6) is 0 Å². The average Bonchev–Trinajstić information content (AvgIpc) is 3.04. The molecule has 23 heavy (non-hydrogen) atoms. The van der Waals surface area contributed by atoms with E-state index in [1.54, 1.807) is 6.20 Å². The van der Waals surface area contributed by atoms with Gasteiger partial charge in [0.25, 0.3) is 0 Å². The van der Waals surface area contributed by atoms with Crippen molar-refractivity contribution < 1.29 is 5.11 Å². The molecule has 0 aromatic carbocycles. The molecular formula is C17H17ClN4O. The molecule has 118 valence electrons. The van der Waals surface area contributed by atoms with Crippen molar-refractivity contribution in [3.8, 4) is 5.82 Å². The predicted octanol–water partition coefficient (Wildman–Crippen LogP) is 3.32. The predicted molar refractivity (Wildman–Crippen MR) is 88.9 cm³/mol. The van der Waals surface area contributed by atoms with Crippen molar-refractivity contribution >= 4 is 22.6 Å². The minimum atomic E-state index is -0.825. The molecule has 1 atom stereocenters. The van der Waals surface area contributed by atoms with Gasteiger partial charge in [0, 0.05) is 17.3 Å². The summed E-state index contributed by atoms with van der Waals surface area (Å²) >= 11 is 5.95. The Morgan fingerprint density at radius 3 is 2.96 bits per heavy atom. The molecule has 5 nitrogen and oxygen atoms in total. The van der Waals surface area contributed by atoms with Crippen molar-refractivity contribution in [2.24, 2.45) is 0 Å². The van der Waals surface area contributed by atoms with Gasteiger partial charge in [-0.2, -0.15) is 4.98 Å². The highest BCUT2D eigenvalue weighted by molar-refractivity contribution is 6.28. The number of hydrogen-bond donors (Lipinski definition) is 1. The average molecular weight is 329 g/mol. The van der Waals surface area contributed by atoms with Crippen molar-refractivity contribution in [3.05, 3.63) is 46.6 Å². The monoisotopic (exact) mass is 328 g/mol. The van der Waals surface area contributed by atoms with E-state index in [2.05, 4.69) is 16.0 Å². The maximum absolute atomic E-state index is 10.8. The van der Waals surface area contributed by atoms with E-state index < -0.39 is 5.60 Å². The van der Waals surface area contributed by atoms with Gasteiger partial charge in [0.15, 0.2) is 5.65 Å². The lowest BCUT2D eigenvalue weighted by Gasteiger charge is -2.21. The first kappa shape index (κ1) is 14.6. The molecular weight excluding hydrogens is 312 g/mol. The summed E-state index contributed by atoms with van der Waals surface area (Å²) in [5.41, 5.74) is 2.82. The number of fused-ring (bicyclic) bond motifs is 2. The van der Waals surface area contributed by atoms with E-state index in [-0.39, 0.29) is 5.28 Å². The number of aryl methyl sites for hydroxylation is 2. The van der Waals surface area contributed by atoms with Gasteiger partial charge in [0.1, 0.15) is 11.4 Å². The third kappa shape index (κ3) is 2.15. The topological polar surface area (TPSA) is 63.8 Å². The molecule has 0 spiro atoms. The van der Waals surface area contributed by atoms with Gasteiger partial charge in [-0.1, -0.05) is 13.0 Å². The van der Waals surface area contributed by atoms with E-state index in [9.17, 15) is 5.11 Å². The lowest BCUT2D eigenvalue weighted by molar-refractivity contribution is 0.0306. The lowest BCUT2D eigenvalue weighted by atomic mass is 9.98. The molecule has 4 rings (SSSR count).